The first-order valence-corrected chi connectivity index (χ1v) is 13.2. The molecule has 0 atom stereocenters. The van der Waals surface area contributed by atoms with Gasteiger partial charge in [0, 0.05) is 35.4 Å². The number of nitrogens with zero attached hydrogens (tertiary/aromatic N) is 1. The van der Waals surface area contributed by atoms with Crippen LogP contribution in [-0.2, 0) is 16.6 Å². The predicted octanol–water partition coefficient (Wildman–Crippen LogP) is 4.13. The number of hydrogen-bond acceptors (Lipinski definition) is 6. The van der Waals surface area contributed by atoms with Crippen molar-refractivity contribution < 1.29 is 27.5 Å². The van der Waals surface area contributed by atoms with E-state index in [0.29, 0.717) is 47.8 Å². The average Bonchev–Trinajstić information content (AvgIpc) is 3.34. The molecule has 0 spiro atoms. The van der Waals surface area contributed by atoms with Gasteiger partial charge in [-0.25, -0.2) is 13.2 Å². The van der Waals surface area contributed by atoms with Gasteiger partial charge < -0.3 is 20.2 Å². The number of amides is 1. The molecular formula is C25H26ClN3O6S. The molecule has 2 heterocycles. The Morgan fingerprint density at radius 3 is 2.44 bits per heavy atom. The van der Waals surface area contributed by atoms with Gasteiger partial charge in [-0.05, 0) is 73.9 Å². The summed E-state index contributed by atoms with van der Waals surface area (Å²) in [6, 6.07) is 14.4. The van der Waals surface area contributed by atoms with Crippen LogP contribution in [0.4, 0.5) is 5.69 Å². The number of nitrogens with one attached hydrogen (secondary N) is 2. The van der Waals surface area contributed by atoms with Gasteiger partial charge in [-0.3, -0.25) is 4.79 Å². The van der Waals surface area contributed by atoms with Crippen molar-refractivity contribution in [2.45, 2.75) is 37.4 Å². The lowest BCUT2D eigenvalue weighted by molar-refractivity contribution is 0.0695. The molecule has 0 aliphatic carbocycles. The van der Waals surface area contributed by atoms with Gasteiger partial charge in [-0.2, -0.15) is 4.31 Å². The Hall–Kier alpha value is -3.34. The third kappa shape index (κ3) is 5.72. The average molecular weight is 532 g/mol. The molecule has 36 heavy (non-hydrogen) atoms. The van der Waals surface area contributed by atoms with Gasteiger partial charge in [-0.1, -0.05) is 17.7 Å². The van der Waals surface area contributed by atoms with Crippen LogP contribution in [-0.4, -0.2) is 48.8 Å². The summed E-state index contributed by atoms with van der Waals surface area (Å²) in [5, 5.41) is 15.7. The second-order valence-corrected chi connectivity index (χ2v) is 10.8. The summed E-state index contributed by atoms with van der Waals surface area (Å²) in [4.78, 5) is 23.6. The van der Waals surface area contributed by atoms with Crippen molar-refractivity contribution in [1.82, 2.24) is 9.62 Å². The van der Waals surface area contributed by atoms with Crippen LogP contribution in [0.5, 0.6) is 0 Å². The van der Waals surface area contributed by atoms with Crippen LogP contribution in [0.15, 0.2) is 64.1 Å². The number of carbonyl (C=O) groups is 2. The van der Waals surface area contributed by atoms with E-state index in [1.165, 1.54) is 16.4 Å². The first-order chi connectivity index (χ1) is 17.1. The van der Waals surface area contributed by atoms with Gasteiger partial charge in [-0.15, -0.1) is 0 Å². The minimum Gasteiger partial charge on any atom is -0.478 e. The molecule has 0 radical (unpaired) electrons. The third-order valence-corrected chi connectivity index (χ3v) is 8.16. The fourth-order valence-corrected chi connectivity index (χ4v) is 5.60. The summed E-state index contributed by atoms with van der Waals surface area (Å²) in [7, 11) is -3.83. The molecule has 1 aliphatic heterocycles. The summed E-state index contributed by atoms with van der Waals surface area (Å²) in [5.74, 6) is -0.994. The molecular weight excluding hydrogens is 506 g/mol. The lowest BCUT2D eigenvalue weighted by Crippen LogP contribution is -2.42. The van der Waals surface area contributed by atoms with E-state index in [0.717, 1.165) is 5.69 Å². The fourth-order valence-electron chi connectivity index (χ4n) is 4.07. The number of rotatable bonds is 8. The first-order valence-electron chi connectivity index (χ1n) is 11.4. The Labute approximate surface area is 214 Å². The normalized spacial score (nSPS) is 14.9. The van der Waals surface area contributed by atoms with Crippen LogP contribution in [0.25, 0.3) is 0 Å². The lowest BCUT2D eigenvalue weighted by atomic mass is 10.0. The highest BCUT2D eigenvalue weighted by atomic mass is 35.5. The van der Waals surface area contributed by atoms with Gasteiger partial charge in [0.1, 0.15) is 5.76 Å². The van der Waals surface area contributed by atoms with Crippen molar-refractivity contribution in [1.29, 1.82) is 0 Å². The number of halogens is 1. The molecule has 1 saturated heterocycles. The molecule has 1 amide bonds. The van der Waals surface area contributed by atoms with E-state index in [4.69, 9.17) is 16.0 Å². The molecule has 11 heteroatoms. The zero-order valence-electron chi connectivity index (χ0n) is 19.5. The molecule has 3 N–H and O–H groups in total. The zero-order valence-corrected chi connectivity index (χ0v) is 21.1. The molecule has 3 aromatic rings. The molecule has 1 aliphatic rings. The molecule has 1 aromatic heterocycles. The van der Waals surface area contributed by atoms with E-state index >= 15 is 0 Å². The van der Waals surface area contributed by atoms with Crippen molar-refractivity contribution >= 4 is 39.2 Å². The van der Waals surface area contributed by atoms with Gasteiger partial charge in [0.25, 0.3) is 15.9 Å². The highest BCUT2D eigenvalue weighted by Crippen LogP contribution is 2.26. The quantitative estimate of drug-likeness (QED) is 0.398. The Kier molecular flexibility index (Phi) is 7.67. The number of aromatic carboxylic acids is 1. The minimum absolute atomic E-state index is 0.00874. The van der Waals surface area contributed by atoms with E-state index in [1.807, 2.05) is 6.07 Å². The van der Waals surface area contributed by atoms with Gasteiger partial charge in [0.05, 0.1) is 12.1 Å². The fraction of sp³-hybridized carbons (Fsp3) is 0.280. The van der Waals surface area contributed by atoms with Crippen LogP contribution in [0.2, 0.25) is 5.02 Å². The molecule has 4 rings (SSSR count). The largest absolute Gasteiger partial charge is 0.478 e. The number of benzene rings is 2. The maximum absolute atomic E-state index is 13.1. The molecule has 190 valence electrons. The Morgan fingerprint density at radius 1 is 1.08 bits per heavy atom. The topological polar surface area (TPSA) is 129 Å². The van der Waals surface area contributed by atoms with Gasteiger partial charge in [0.15, 0.2) is 0 Å². The van der Waals surface area contributed by atoms with Crippen molar-refractivity contribution in [2.75, 3.05) is 18.4 Å². The van der Waals surface area contributed by atoms with Crippen molar-refractivity contribution in [2.24, 2.45) is 0 Å². The molecule has 2 aromatic carbocycles. The van der Waals surface area contributed by atoms with E-state index in [-0.39, 0.29) is 29.1 Å². The Morgan fingerprint density at radius 2 is 1.78 bits per heavy atom. The summed E-state index contributed by atoms with van der Waals surface area (Å²) >= 11 is 5.83. The van der Waals surface area contributed by atoms with E-state index in [1.54, 1.807) is 43.3 Å². The monoisotopic (exact) mass is 531 g/mol. The van der Waals surface area contributed by atoms with Gasteiger partial charge in [0.2, 0.25) is 5.09 Å². The lowest BCUT2D eigenvalue weighted by Gasteiger charge is -2.32. The summed E-state index contributed by atoms with van der Waals surface area (Å²) in [5.41, 5.74) is 2.04. The van der Waals surface area contributed by atoms with Crippen molar-refractivity contribution in [3.8, 4) is 0 Å². The first kappa shape index (κ1) is 25.7. The van der Waals surface area contributed by atoms with Crippen LogP contribution >= 0.6 is 11.6 Å². The summed E-state index contributed by atoms with van der Waals surface area (Å²) in [6.07, 6.45) is 1.11. The highest BCUT2D eigenvalue weighted by Gasteiger charge is 2.32. The van der Waals surface area contributed by atoms with Crippen LogP contribution < -0.4 is 10.6 Å². The number of furan rings is 1. The smallest absolute Gasteiger partial charge is 0.336 e. The zero-order chi connectivity index (χ0) is 25.9. The molecule has 0 unspecified atom stereocenters. The number of carboxylic acids is 1. The SMILES string of the molecule is Cc1c(NC2CCN(S(=O)(=O)c3ccc(CNC(=O)c4ccc(Cl)cc4)o3)CC2)cccc1C(=O)O. The van der Waals surface area contributed by atoms with Crippen LogP contribution in [0.3, 0.4) is 0 Å². The number of piperidine rings is 1. The van der Waals surface area contributed by atoms with Crippen molar-refractivity contribution in [3.05, 3.63) is 82.1 Å². The number of anilines is 1. The van der Waals surface area contributed by atoms with E-state index < -0.39 is 16.0 Å². The third-order valence-electron chi connectivity index (χ3n) is 6.14. The predicted molar refractivity (Wildman–Crippen MR) is 135 cm³/mol. The Balaban J connectivity index is 1.33. The summed E-state index contributed by atoms with van der Waals surface area (Å²) < 4.78 is 33.1. The maximum Gasteiger partial charge on any atom is 0.336 e. The Bertz CT molecular complexity index is 1360. The number of carboxylic acid groups (broad SMARTS) is 1. The van der Waals surface area contributed by atoms with Crippen LogP contribution in [0, 0.1) is 6.92 Å². The number of hydrogen-bond donors (Lipinski definition) is 3. The van der Waals surface area contributed by atoms with Gasteiger partial charge >= 0.3 is 5.97 Å². The summed E-state index contributed by atoms with van der Waals surface area (Å²) in [6.45, 7) is 2.37. The number of sulfonamides is 1. The molecule has 1 fully saturated rings. The van der Waals surface area contributed by atoms with E-state index in [9.17, 15) is 23.1 Å². The van der Waals surface area contributed by atoms with Crippen molar-refractivity contribution in [3.63, 3.8) is 0 Å². The molecule has 0 bridgehead atoms. The van der Waals surface area contributed by atoms with E-state index in [2.05, 4.69) is 10.6 Å². The molecule has 9 nitrogen and oxygen atoms in total. The molecule has 0 saturated carbocycles. The maximum atomic E-state index is 13.1. The second kappa shape index (κ2) is 10.7. The van der Waals surface area contributed by atoms with Crippen LogP contribution in [0.1, 0.15) is 44.9 Å². The second-order valence-electron chi connectivity index (χ2n) is 8.52. The highest BCUT2D eigenvalue weighted by molar-refractivity contribution is 7.89. The number of carbonyl (C=O) groups excluding carboxylic acids is 1. The minimum atomic E-state index is -3.83. The standard InChI is InChI=1S/C25H26ClN3O6S/c1-16-21(25(31)32)3-2-4-22(16)28-19-11-13-29(14-12-19)36(33,34)23-10-9-20(35-23)15-27-24(30)17-5-7-18(26)8-6-17/h2-10,19,28H,11-15H2,1H3,(H,27,30)(H,31,32).